The van der Waals surface area contributed by atoms with E-state index in [0.717, 1.165) is 24.8 Å². The van der Waals surface area contributed by atoms with Crippen LogP contribution in [0.25, 0.3) is 0 Å². The van der Waals surface area contributed by atoms with Gasteiger partial charge >= 0.3 is 0 Å². The monoisotopic (exact) mass is 368 g/mol. The van der Waals surface area contributed by atoms with Crippen molar-refractivity contribution < 1.29 is 13.2 Å². The van der Waals surface area contributed by atoms with Crippen LogP contribution in [0.15, 0.2) is 72.1 Å². The lowest BCUT2D eigenvalue weighted by Gasteiger charge is -2.17. The number of rotatable bonds is 8. The molecule has 1 aliphatic carbocycles. The minimum absolute atomic E-state index is 0.214. The number of hydrogen-bond donors (Lipinski definition) is 0. The van der Waals surface area contributed by atoms with Crippen LogP contribution in [-0.2, 0) is 16.3 Å². The normalized spacial score (nSPS) is 22.0. The number of allylic oxidation sites excluding steroid dienone is 1. The first-order chi connectivity index (χ1) is 12.5. The molecule has 0 N–H and O–H groups in total. The van der Waals surface area contributed by atoms with Gasteiger partial charge in [-0.15, -0.1) is 6.58 Å². The summed E-state index contributed by atoms with van der Waals surface area (Å²) in [6.45, 7) is 5.86. The summed E-state index contributed by atoms with van der Waals surface area (Å²) in [6.07, 6.45) is 4.98. The zero-order chi connectivity index (χ0) is 18.8. The number of unbranched alkanes of at least 4 members (excludes halogenated alkanes) is 1. The molecule has 0 amide bonds. The van der Waals surface area contributed by atoms with E-state index in [0.29, 0.717) is 12.0 Å². The van der Waals surface area contributed by atoms with Crippen molar-refractivity contribution in [2.45, 2.75) is 42.2 Å². The lowest BCUT2D eigenvalue weighted by molar-refractivity contribution is 0.0974. The lowest BCUT2D eigenvalue weighted by atomic mass is 10.1. The Balaban J connectivity index is 1.97. The summed E-state index contributed by atoms with van der Waals surface area (Å²) in [7, 11) is -3.79. The number of carbonyl (C=O) groups is 1. The van der Waals surface area contributed by atoms with Crippen LogP contribution in [0.3, 0.4) is 0 Å². The van der Waals surface area contributed by atoms with Crippen LogP contribution in [0.5, 0.6) is 0 Å². The van der Waals surface area contributed by atoms with Gasteiger partial charge in [-0.05, 0) is 37.0 Å². The van der Waals surface area contributed by atoms with E-state index < -0.39 is 14.6 Å². The Labute approximate surface area is 155 Å². The molecule has 1 fully saturated rings. The number of sulfone groups is 1. The fourth-order valence-corrected chi connectivity index (χ4v) is 5.66. The van der Waals surface area contributed by atoms with Crippen molar-refractivity contribution >= 4 is 15.6 Å². The topological polar surface area (TPSA) is 51.2 Å². The molecule has 136 valence electrons. The van der Waals surface area contributed by atoms with Gasteiger partial charge in [-0.3, -0.25) is 4.79 Å². The summed E-state index contributed by atoms with van der Waals surface area (Å²) < 4.78 is 25.3. The van der Waals surface area contributed by atoms with Crippen LogP contribution in [0, 0.1) is 5.92 Å². The van der Waals surface area contributed by atoms with Gasteiger partial charge < -0.3 is 0 Å². The maximum absolute atomic E-state index is 13.4. The Morgan fingerprint density at radius 1 is 1.15 bits per heavy atom. The van der Waals surface area contributed by atoms with Gasteiger partial charge in [-0.25, -0.2) is 8.42 Å². The minimum Gasteiger partial charge on any atom is -0.292 e. The third kappa shape index (κ3) is 3.03. The summed E-state index contributed by atoms with van der Waals surface area (Å²) >= 11 is 0. The summed E-state index contributed by atoms with van der Waals surface area (Å²) in [5.41, 5.74) is 1.55. The lowest BCUT2D eigenvalue weighted by Crippen LogP contribution is -2.35. The van der Waals surface area contributed by atoms with Gasteiger partial charge in [0, 0.05) is 11.5 Å². The van der Waals surface area contributed by atoms with Crippen LogP contribution >= 0.6 is 0 Å². The van der Waals surface area contributed by atoms with Gasteiger partial charge in [-0.1, -0.05) is 61.9 Å². The van der Waals surface area contributed by atoms with E-state index in [-0.39, 0.29) is 16.6 Å². The van der Waals surface area contributed by atoms with Crippen LogP contribution in [0.4, 0.5) is 0 Å². The molecule has 0 aliphatic heterocycles. The largest absolute Gasteiger partial charge is 0.292 e. The predicted molar refractivity (Wildman–Crippen MR) is 104 cm³/mol. The molecule has 1 saturated carbocycles. The van der Waals surface area contributed by atoms with Crippen molar-refractivity contribution in [3.05, 3.63) is 78.4 Å². The average molecular weight is 368 g/mol. The van der Waals surface area contributed by atoms with E-state index in [2.05, 4.69) is 13.5 Å². The minimum atomic E-state index is -3.79. The molecule has 0 saturated heterocycles. The Morgan fingerprint density at radius 3 is 2.35 bits per heavy atom. The highest BCUT2D eigenvalue weighted by molar-refractivity contribution is 7.94. The number of benzene rings is 2. The maximum Gasteiger partial charge on any atom is 0.192 e. The summed E-state index contributed by atoms with van der Waals surface area (Å²) in [5.74, 6) is -0.682. The molecule has 2 unspecified atom stereocenters. The van der Waals surface area contributed by atoms with Gasteiger partial charge in [0.15, 0.2) is 15.6 Å². The molecule has 0 bridgehead atoms. The predicted octanol–water partition coefficient (Wildman–Crippen LogP) is 4.63. The summed E-state index contributed by atoms with van der Waals surface area (Å²) in [6, 6.07) is 15.6. The molecular weight excluding hydrogens is 344 g/mol. The second-order valence-electron chi connectivity index (χ2n) is 6.88. The average Bonchev–Trinajstić information content (AvgIpc) is 3.43. The zero-order valence-electron chi connectivity index (χ0n) is 15.0. The molecule has 2 aromatic carbocycles. The highest BCUT2D eigenvalue weighted by atomic mass is 32.2. The Morgan fingerprint density at radius 2 is 1.81 bits per heavy atom. The van der Waals surface area contributed by atoms with Gasteiger partial charge in [0.1, 0.15) is 4.75 Å². The summed E-state index contributed by atoms with van der Waals surface area (Å²) in [5, 5.41) is 0. The van der Waals surface area contributed by atoms with Crippen molar-refractivity contribution in [1.29, 1.82) is 0 Å². The smallest absolute Gasteiger partial charge is 0.192 e. The van der Waals surface area contributed by atoms with Crippen LogP contribution in [-0.4, -0.2) is 18.9 Å². The Kier molecular flexibility index (Phi) is 5.15. The highest BCUT2D eigenvalue weighted by Gasteiger charge is 2.67. The molecule has 3 rings (SSSR count). The van der Waals surface area contributed by atoms with Crippen molar-refractivity contribution in [2.24, 2.45) is 5.92 Å². The first kappa shape index (κ1) is 18.6. The third-order valence-corrected chi connectivity index (χ3v) is 7.71. The van der Waals surface area contributed by atoms with E-state index in [4.69, 9.17) is 0 Å². The molecular formula is C22H24O3S. The molecule has 0 radical (unpaired) electrons. The fraction of sp³-hybridized carbons (Fsp3) is 0.318. The number of hydrogen-bond acceptors (Lipinski definition) is 3. The van der Waals surface area contributed by atoms with E-state index >= 15 is 0 Å². The fourth-order valence-electron chi connectivity index (χ4n) is 3.49. The quantitative estimate of drug-likeness (QED) is 0.504. The maximum atomic E-state index is 13.4. The van der Waals surface area contributed by atoms with Crippen molar-refractivity contribution in [3.63, 3.8) is 0 Å². The van der Waals surface area contributed by atoms with Crippen molar-refractivity contribution in [1.82, 2.24) is 0 Å². The second kappa shape index (κ2) is 7.20. The number of Topliss-reactive ketones (excluding diaryl/α,β-unsaturated/α-hetero) is 1. The number of ketones is 1. The molecule has 0 aromatic heterocycles. The van der Waals surface area contributed by atoms with Gasteiger partial charge in [-0.2, -0.15) is 0 Å². The molecule has 0 heterocycles. The SMILES string of the molecule is C=CC1CC1(C(=O)c1ccccc1)S(=O)(=O)c1ccc(CCCC)cc1. The summed E-state index contributed by atoms with van der Waals surface area (Å²) in [4.78, 5) is 13.3. The molecule has 3 nitrogen and oxygen atoms in total. The Bertz CT molecular complexity index is 898. The third-order valence-electron chi connectivity index (χ3n) is 5.20. The molecule has 2 atom stereocenters. The number of carbonyl (C=O) groups excluding carboxylic acids is 1. The Hall–Kier alpha value is -2.20. The zero-order valence-corrected chi connectivity index (χ0v) is 15.8. The standard InChI is InChI=1S/C22H24O3S/c1-3-5-9-17-12-14-20(15-13-17)26(24,25)22(16-19(22)4-2)21(23)18-10-7-6-8-11-18/h4,6-8,10-15,19H,2-3,5,9,16H2,1H3. The van der Waals surface area contributed by atoms with E-state index in [1.54, 1.807) is 42.5 Å². The van der Waals surface area contributed by atoms with Crippen molar-refractivity contribution in [3.8, 4) is 0 Å². The van der Waals surface area contributed by atoms with Crippen molar-refractivity contribution in [2.75, 3.05) is 0 Å². The molecule has 0 spiro atoms. The van der Waals surface area contributed by atoms with Gasteiger partial charge in [0.25, 0.3) is 0 Å². The first-order valence-corrected chi connectivity index (χ1v) is 10.5. The van der Waals surface area contributed by atoms with E-state index in [1.807, 2.05) is 18.2 Å². The molecule has 26 heavy (non-hydrogen) atoms. The molecule has 4 heteroatoms. The van der Waals surface area contributed by atoms with Crippen LogP contribution < -0.4 is 0 Å². The van der Waals surface area contributed by atoms with Gasteiger partial charge in [0.2, 0.25) is 0 Å². The number of aryl methyl sites for hydroxylation is 1. The van der Waals surface area contributed by atoms with Gasteiger partial charge in [0.05, 0.1) is 4.90 Å². The second-order valence-corrected chi connectivity index (χ2v) is 9.09. The highest BCUT2D eigenvalue weighted by Crippen LogP contribution is 2.55. The molecule has 1 aliphatic rings. The van der Waals surface area contributed by atoms with Crippen LogP contribution in [0.2, 0.25) is 0 Å². The first-order valence-electron chi connectivity index (χ1n) is 9.03. The molecule has 2 aromatic rings. The van der Waals surface area contributed by atoms with Crippen LogP contribution in [0.1, 0.15) is 42.1 Å². The van der Waals surface area contributed by atoms with E-state index in [1.165, 1.54) is 0 Å². The van der Waals surface area contributed by atoms with E-state index in [9.17, 15) is 13.2 Å².